The highest BCUT2D eigenvalue weighted by Crippen LogP contribution is 2.29. The van der Waals surface area contributed by atoms with Crippen molar-refractivity contribution in [2.75, 3.05) is 6.54 Å². The van der Waals surface area contributed by atoms with Crippen molar-refractivity contribution in [3.63, 3.8) is 0 Å². The van der Waals surface area contributed by atoms with Gasteiger partial charge >= 0.3 is 6.18 Å². The van der Waals surface area contributed by atoms with E-state index in [4.69, 9.17) is 0 Å². The van der Waals surface area contributed by atoms with E-state index in [9.17, 15) is 13.2 Å². The van der Waals surface area contributed by atoms with Crippen LogP contribution in [0.3, 0.4) is 0 Å². The number of hydrogen-bond donors (Lipinski definition) is 1. The molecule has 14 heavy (non-hydrogen) atoms. The lowest BCUT2D eigenvalue weighted by atomic mass is 10.0. The number of halogens is 3. The number of aromatic nitrogens is 1. The van der Waals surface area contributed by atoms with Gasteiger partial charge < -0.3 is 5.32 Å². The summed E-state index contributed by atoms with van der Waals surface area (Å²) in [6.45, 7) is 0.910. The average molecular weight is 202 g/mol. The highest BCUT2D eigenvalue weighted by molar-refractivity contribution is 5.19. The molecule has 1 unspecified atom stereocenters. The largest absolute Gasteiger partial charge is 0.417 e. The summed E-state index contributed by atoms with van der Waals surface area (Å²) in [6.07, 6.45) is -2.47. The van der Waals surface area contributed by atoms with Crippen LogP contribution in [0.5, 0.6) is 0 Å². The van der Waals surface area contributed by atoms with Crippen LogP contribution in [0.15, 0.2) is 18.3 Å². The van der Waals surface area contributed by atoms with Gasteiger partial charge in [-0.25, -0.2) is 0 Å². The third kappa shape index (κ3) is 1.72. The molecule has 0 amide bonds. The highest BCUT2D eigenvalue weighted by atomic mass is 19.4. The monoisotopic (exact) mass is 202 g/mol. The van der Waals surface area contributed by atoms with Crippen LogP contribution >= 0.6 is 0 Å². The van der Waals surface area contributed by atoms with Crippen molar-refractivity contribution in [3.8, 4) is 0 Å². The molecular weight excluding hydrogens is 193 g/mol. The summed E-state index contributed by atoms with van der Waals surface area (Å²) in [4.78, 5) is 3.78. The summed E-state index contributed by atoms with van der Waals surface area (Å²) in [6, 6.07) is 2.64. The molecule has 1 aliphatic heterocycles. The molecule has 1 N–H and O–H groups in total. The van der Waals surface area contributed by atoms with Crippen LogP contribution in [0.25, 0.3) is 0 Å². The van der Waals surface area contributed by atoms with E-state index in [1.165, 1.54) is 6.07 Å². The minimum absolute atomic E-state index is 0.136. The van der Waals surface area contributed by atoms with Crippen LogP contribution in [0, 0.1) is 0 Å². The molecule has 1 aromatic rings. The summed E-state index contributed by atoms with van der Waals surface area (Å²) in [5.74, 6) is 0. The maximum absolute atomic E-state index is 12.2. The SMILES string of the molecule is FC(F)(F)c1ccc(C2CCN2)nc1. The molecule has 5 heteroatoms. The maximum Gasteiger partial charge on any atom is 0.417 e. The molecule has 0 radical (unpaired) electrons. The normalized spacial score (nSPS) is 21.8. The first kappa shape index (κ1) is 9.45. The lowest BCUT2D eigenvalue weighted by molar-refractivity contribution is -0.137. The van der Waals surface area contributed by atoms with E-state index in [1.807, 2.05) is 0 Å². The van der Waals surface area contributed by atoms with Crippen LogP contribution in [0.1, 0.15) is 23.7 Å². The fraction of sp³-hybridized carbons (Fsp3) is 0.444. The Bertz CT molecular complexity index is 314. The van der Waals surface area contributed by atoms with Crippen molar-refractivity contribution < 1.29 is 13.2 Å². The quantitative estimate of drug-likeness (QED) is 0.754. The first-order chi connectivity index (χ1) is 6.57. The van der Waals surface area contributed by atoms with E-state index >= 15 is 0 Å². The van der Waals surface area contributed by atoms with Gasteiger partial charge in [-0.1, -0.05) is 0 Å². The lowest BCUT2D eigenvalue weighted by Crippen LogP contribution is -2.35. The van der Waals surface area contributed by atoms with Gasteiger partial charge in [0, 0.05) is 6.20 Å². The maximum atomic E-state index is 12.2. The van der Waals surface area contributed by atoms with Gasteiger partial charge in [0.15, 0.2) is 0 Å². The number of nitrogens with zero attached hydrogens (tertiary/aromatic N) is 1. The van der Waals surface area contributed by atoms with Crippen molar-refractivity contribution in [2.45, 2.75) is 18.6 Å². The Morgan fingerprint density at radius 1 is 1.36 bits per heavy atom. The van der Waals surface area contributed by atoms with Gasteiger partial charge in [-0.2, -0.15) is 13.2 Å². The van der Waals surface area contributed by atoms with Gasteiger partial charge in [0.25, 0.3) is 0 Å². The minimum atomic E-state index is -4.29. The van der Waals surface area contributed by atoms with Gasteiger partial charge in [0.1, 0.15) is 0 Å². The zero-order valence-electron chi connectivity index (χ0n) is 7.30. The van der Waals surface area contributed by atoms with Crippen LogP contribution in [-0.2, 0) is 6.18 Å². The summed E-state index contributed by atoms with van der Waals surface area (Å²) in [7, 11) is 0. The Morgan fingerprint density at radius 3 is 2.43 bits per heavy atom. The van der Waals surface area contributed by atoms with Gasteiger partial charge in [0.2, 0.25) is 0 Å². The average Bonchev–Trinajstić information content (AvgIpc) is 2.00. The Morgan fingerprint density at radius 2 is 2.07 bits per heavy atom. The van der Waals surface area contributed by atoms with Crippen molar-refractivity contribution >= 4 is 0 Å². The lowest BCUT2D eigenvalue weighted by Gasteiger charge is -2.27. The predicted molar refractivity (Wildman–Crippen MR) is 44.6 cm³/mol. The molecular formula is C9H9F3N2. The summed E-state index contributed by atoms with van der Waals surface area (Å²) in [5.41, 5.74) is -0.00942. The van der Waals surface area contributed by atoms with Crippen LogP contribution in [0.2, 0.25) is 0 Å². The molecule has 1 saturated heterocycles. The van der Waals surface area contributed by atoms with E-state index in [0.29, 0.717) is 5.69 Å². The van der Waals surface area contributed by atoms with Crippen LogP contribution < -0.4 is 5.32 Å². The van der Waals surface area contributed by atoms with Crippen molar-refractivity contribution in [1.29, 1.82) is 0 Å². The Kier molecular flexibility index (Phi) is 2.19. The van der Waals surface area contributed by atoms with Crippen molar-refractivity contribution in [3.05, 3.63) is 29.6 Å². The molecule has 1 aliphatic rings. The summed E-state index contributed by atoms with van der Waals surface area (Å²) < 4.78 is 36.5. The van der Waals surface area contributed by atoms with Gasteiger partial charge in [0.05, 0.1) is 17.3 Å². The summed E-state index contributed by atoms with van der Waals surface area (Å²) in [5, 5.41) is 3.08. The Hall–Kier alpha value is -1.10. The molecule has 2 heterocycles. The van der Waals surface area contributed by atoms with Crippen LogP contribution in [-0.4, -0.2) is 11.5 Å². The minimum Gasteiger partial charge on any atom is -0.309 e. The number of alkyl halides is 3. The molecule has 1 fully saturated rings. The molecule has 0 aliphatic carbocycles. The van der Waals surface area contributed by atoms with E-state index in [2.05, 4.69) is 10.3 Å². The van der Waals surface area contributed by atoms with E-state index < -0.39 is 11.7 Å². The Labute approximate surface area is 79.2 Å². The molecule has 0 saturated carbocycles. The van der Waals surface area contributed by atoms with Gasteiger partial charge in [-0.15, -0.1) is 0 Å². The second kappa shape index (κ2) is 3.24. The second-order valence-corrected chi connectivity index (χ2v) is 3.26. The topological polar surface area (TPSA) is 24.9 Å². The van der Waals surface area contributed by atoms with Crippen LogP contribution in [0.4, 0.5) is 13.2 Å². The third-order valence-electron chi connectivity index (χ3n) is 2.29. The zero-order valence-corrected chi connectivity index (χ0v) is 7.30. The fourth-order valence-corrected chi connectivity index (χ4v) is 1.32. The summed E-state index contributed by atoms with van der Waals surface area (Å²) >= 11 is 0. The number of pyridine rings is 1. The molecule has 0 bridgehead atoms. The van der Waals surface area contributed by atoms with E-state index in [1.54, 1.807) is 0 Å². The van der Waals surface area contributed by atoms with E-state index in [-0.39, 0.29) is 6.04 Å². The number of rotatable bonds is 1. The molecule has 2 rings (SSSR count). The second-order valence-electron chi connectivity index (χ2n) is 3.26. The van der Waals surface area contributed by atoms with E-state index in [0.717, 1.165) is 25.2 Å². The number of hydrogen-bond acceptors (Lipinski definition) is 2. The smallest absolute Gasteiger partial charge is 0.309 e. The van der Waals surface area contributed by atoms with Gasteiger partial charge in [-0.3, -0.25) is 4.98 Å². The number of nitrogens with one attached hydrogen (secondary N) is 1. The molecule has 1 aromatic heterocycles. The predicted octanol–water partition coefficient (Wildman–Crippen LogP) is 2.13. The third-order valence-corrected chi connectivity index (χ3v) is 2.29. The first-order valence-corrected chi connectivity index (χ1v) is 4.34. The first-order valence-electron chi connectivity index (χ1n) is 4.34. The molecule has 2 nitrogen and oxygen atoms in total. The zero-order chi connectivity index (χ0) is 10.2. The van der Waals surface area contributed by atoms with Crippen molar-refractivity contribution in [2.24, 2.45) is 0 Å². The molecule has 76 valence electrons. The highest BCUT2D eigenvalue weighted by Gasteiger charge is 2.31. The standard InChI is InChI=1S/C9H9F3N2/c10-9(11,12)6-1-2-7(14-5-6)8-3-4-13-8/h1-2,5,8,13H,3-4H2. The molecule has 0 spiro atoms. The Balaban J connectivity index is 2.17. The van der Waals surface area contributed by atoms with Gasteiger partial charge in [-0.05, 0) is 25.1 Å². The molecule has 1 atom stereocenters. The van der Waals surface area contributed by atoms with Crippen molar-refractivity contribution in [1.82, 2.24) is 10.3 Å². The molecule has 0 aromatic carbocycles. The fourth-order valence-electron chi connectivity index (χ4n) is 1.32.